The van der Waals surface area contributed by atoms with Gasteiger partial charge in [-0.15, -0.1) is 0 Å². The van der Waals surface area contributed by atoms with Crippen molar-refractivity contribution in [2.24, 2.45) is 23.7 Å². The number of fused-ring (bicyclic) bond motifs is 1. The monoisotopic (exact) mass is 820 g/mol. The van der Waals surface area contributed by atoms with Crippen LogP contribution in [0.15, 0.2) is 36.1 Å². The first-order valence-electron chi connectivity index (χ1n) is 19.6. The average molecular weight is 821 g/mol. The maximum Gasteiger partial charge on any atom is 0.340 e. The maximum atomic E-state index is 14.7. The number of phenols is 2. The van der Waals surface area contributed by atoms with E-state index >= 15 is 0 Å². The number of benzene rings is 2. The SMILES string of the molecule is CCn1c(C)c(C(=O)OC)c2c3c(O)c4c(O)c(C)c5c(c4c21)C(=O)[C@@](C)(OC=C[C@H](OC)[C@H](C)[C@H](OC(C)=O)[C@H](C)[C@H](O)[C@H](C)[C@@H](O)[C@@H](C)C=CC=C(C)C(=O)N3)O5. The Morgan fingerprint density at radius 3 is 2.19 bits per heavy atom. The summed E-state index contributed by atoms with van der Waals surface area (Å²) in [5, 5.41) is 49.5. The van der Waals surface area contributed by atoms with Crippen LogP contribution in [-0.4, -0.2) is 93.0 Å². The number of ether oxygens (including phenoxy) is 5. The van der Waals surface area contributed by atoms with Crippen LogP contribution in [0.25, 0.3) is 21.7 Å². The number of aromatic nitrogens is 1. The van der Waals surface area contributed by atoms with Crippen molar-refractivity contribution in [3.8, 4) is 17.2 Å². The van der Waals surface area contributed by atoms with E-state index in [1.807, 2.05) is 6.92 Å². The topological polar surface area (TPSA) is 212 Å². The lowest BCUT2D eigenvalue weighted by molar-refractivity contribution is -0.160. The van der Waals surface area contributed by atoms with E-state index in [0.717, 1.165) is 0 Å². The molecule has 0 spiro atoms. The molecule has 9 atom stereocenters. The number of aliphatic hydroxyl groups is 2. The first-order chi connectivity index (χ1) is 27.7. The van der Waals surface area contributed by atoms with Crippen molar-refractivity contribution in [2.75, 3.05) is 19.5 Å². The summed E-state index contributed by atoms with van der Waals surface area (Å²) in [7, 11) is 2.64. The van der Waals surface area contributed by atoms with Gasteiger partial charge in [0.15, 0.2) is 5.75 Å². The fourth-order valence-corrected chi connectivity index (χ4v) is 8.47. The van der Waals surface area contributed by atoms with Crippen LogP contribution in [0.5, 0.6) is 17.2 Å². The average Bonchev–Trinajstić information content (AvgIpc) is 3.64. The molecular weight excluding hydrogens is 764 g/mol. The van der Waals surface area contributed by atoms with E-state index < -0.39 is 89.0 Å². The van der Waals surface area contributed by atoms with Crippen LogP contribution in [0.2, 0.25) is 0 Å². The van der Waals surface area contributed by atoms with Crippen molar-refractivity contribution >= 4 is 51.0 Å². The second kappa shape index (κ2) is 17.1. The Labute approximate surface area is 343 Å². The highest BCUT2D eigenvalue weighted by Gasteiger charge is 2.50. The summed E-state index contributed by atoms with van der Waals surface area (Å²) >= 11 is 0. The van der Waals surface area contributed by atoms with E-state index in [9.17, 15) is 39.6 Å². The number of carbonyl (C=O) groups excluding carboxylic acids is 4. The van der Waals surface area contributed by atoms with Crippen molar-refractivity contribution in [1.82, 2.24) is 4.57 Å². The number of anilines is 1. The second-order valence-corrected chi connectivity index (χ2v) is 15.8. The zero-order valence-corrected chi connectivity index (χ0v) is 35.6. The molecule has 0 radical (unpaired) electrons. The number of rotatable bonds is 4. The van der Waals surface area contributed by atoms with E-state index in [4.69, 9.17) is 23.7 Å². The van der Waals surface area contributed by atoms with Gasteiger partial charge in [0.2, 0.25) is 0 Å². The fraction of sp³-hybridized carbons (Fsp3) is 0.500. The smallest absolute Gasteiger partial charge is 0.340 e. The Bertz CT molecular complexity index is 2290. The van der Waals surface area contributed by atoms with Crippen LogP contribution in [0, 0.1) is 37.5 Å². The lowest BCUT2D eigenvalue weighted by Crippen LogP contribution is -2.46. The van der Waals surface area contributed by atoms with E-state index in [1.54, 1.807) is 51.3 Å². The Balaban J connectivity index is 1.82. The summed E-state index contributed by atoms with van der Waals surface area (Å²) in [6, 6.07) is 0. The molecule has 0 aliphatic carbocycles. The van der Waals surface area contributed by atoms with E-state index in [0.29, 0.717) is 5.69 Å². The highest BCUT2D eigenvalue weighted by molar-refractivity contribution is 6.31. The van der Waals surface area contributed by atoms with Gasteiger partial charge >= 0.3 is 17.7 Å². The van der Waals surface area contributed by atoms with Crippen molar-refractivity contribution in [3.05, 3.63) is 58.5 Å². The third-order valence-electron chi connectivity index (χ3n) is 12.0. The van der Waals surface area contributed by atoms with Gasteiger partial charge in [-0.3, -0.25) is 14.4 Å². The molecule has 59 heavy (non-hydrogen) atoms. The first-order valence-corrected chi connectivity index (χ1v) is 19.6. The predicted molar refractivity (Wildman–Crippen MR) is 219 cm³/mol. The molecule has 5 N–H and O–H groups in total. The van der Waals surface area contributed by atoms with Crippen molar-refractivity contribution in [3.63, 3.8) is 0 Å². The highest BCUT2D eigenvalue weighted by Crippen LogP contribution is 2.55. The molecule has 15 nitrogen and oxygen atoms in total. The highest BCUT2D eigenvalue weighted by atomic mass is 16.7. The second-order valence-electron chi connectivity index (χ2n) is 15.8. The summed E-state index contributed by atoms with van der Waals surface area (Å²) in [6.45, 7) is 16.3. The summed E-state index contributed by atoms with van der Waals surface area (Å²) < 4.78 is 30.7. The molecule has 1 aromatic heterocycles. The van der Waals surface area contributed by atoms with Crippen LogP contribution >= 0.6 is 0 Å². The van der Waals surface area contributed by atoms with Crippen LogP contribution in [-0.2, 0) is 35.1 Å². The van der Waals surface area contributed by atoms with E-state index in [2.05, 4.69) is 5.32 Å². The number of nitrogens with zero attached hydrogens (tertiary/aromatic N) is 1. The molecule has 2 aliphatic rings. The quantitative estimate of drug-likeness (QED) is 0.149. The molecule has 0 unspecified atom stereocenters. The van der Waals surface area contributed by atoms with Crippen LogP contribution < -0.4 is 10.1 Å². The number of nitrogens with one attached hydrogen (secondary N) is 1. The number of amides is 1. The van der Waals surface area contributed by atoms with Gasteiger partial charge in [0, 0.05) is 78.8 Å². The van der Waals surface area contributed by atoms with Gasteiger partial charge in [-0.1, -0.05) is 45.9 Å². The summed E-state index contributed by atoms with van der Waals surface area (Å²) in [4.78, 5) is 54.5. The summed E-state index contributed by atoms with van der Waals surface area (Å²) in [6.07, 6.45) is 3.60. The molecule has 3 aromatic rings. The van der Waals surface area contributed by atoms with Gasteiger partial charge < -0.3 is 54.0 Å². The zero-order chi connectivity index (χ0) is 44.0. The van der Waals surface area contributed by atoms with Crippen LogP contribution in [0.1, 0.15) is 87.4 Å². The lowest BCUT2D eigenvalue weighted by atomic mass is 9.78. The number of aryl methyl sites for hydroxylation is 1. The van der Waals surface area contributed by atoms with Gasteiger partial charge in [0.1, 0.15) is 17.6 Å². The molecule has 2 aliphatic heterocycles. The molecule has 2 aromatic carbocycles. The zero-order valence-electron chi connectivity index (χ0n) is 35.6. The molecule has 4 bridgehead atoms. The van der Waals surface area contributed by atoms with Crippen molar-refractivity contribution < 1.29 is 63.3 Å². The minimum absolute atomic E-state index is 0.0159. The molecule has 0 saturated heterocycles. The van der Waals surface area contributed by atoms with E-state index in [-0.39, 0.29) is 61.9 Å². The third kappa shape index (κ3) is 7.67. The fourth-order valence-electron chi connectivity index (χ4n) is 8.47. The number of aromatic hydroxyl groups is 2. The number of Topliss-reactive ketones (excluding diaryl/α,β-unsaturated/α-hetero) is 1. The number of phenolic OH excluding ortho intramolecular Hbond substituents is 2. The molecule has 1 amide bonds. The van der Waals surface area contributed by atoms with Gasteiger partial charge in [-0.2, -0.15) is 0 Å². The number of esters is 2. The molecule has 3 heterocycles. The van der Waals surface area contributed by atoms with Gasteiger partial charge in [-0.05, 0) is 33.8 Å². The summed E-state index contributed by atoms with van der Waals surface area (Å²) in [5.74, 6) is -8.30. The maximum absolute atomic E-state index is 14.7. The normalized spacial score (nSPS) is 28.1. The molecule has 0 saturated carbocycles. The van der Waals surface area contributed by atoms with Gasteiger partial charge in [0.05, 0.1) is 59.4 Å². The molecular formula is C44H56N2O13. The Morgan fingerprint density at radius 1 is 0.932 bits per heavy atom. The Morgan fingerprint density at radius 2 is 1.59 bits per heavy atom. The number of methoxy groups -OCH3 is 2. The Hall–Kier alpha value is -5.38. The standard InChI is InChI=1S/C44H56N2O13/c1-13-46-25(8)28(43(54)56-12)30-33-38(51)31-29(34(30)46)32-40(24(7)37(31)50)59-44(10,41(32)52)57-18-17-27(55-11)21(4)39(58-26(9)47)23(6)36(49)22(5)35(48)19(2)15-14-16-20(3)42(53)45-33/h14-19,21-23,27,35-36,39,48-51H,13H2,1-12H3,(H,45,53)/t19-,21-,22+,23+,27-,35-,36+,39-,44-/m0/s1. The van der Waals surface area contributed by atoms with Crippen molar-refractivity contribution in [2.45, 2.75) is 106 Å². The molecule has 320 valence electrons. The predicted octanol–water partition coefficient (Wildman–Crippen LogP) is 6.12. The van der Waals surface area contributed by atoms with E-state index in [1.165, 1.54) is 60.3 Å². The van der Waals surface area contributed by atoms with Crippen LogP contribution in [0.3, 0.4) is 0 Å². The number of hydrogen-bond donors (Lipinski definition) is 5. The Kier molecular flexibility index (Phi) is 12.9. The minimum Gasteiger partial charge on any atom is -0.507 e. The summed E-state index contributed by atoms with van der Waals surface area (Å²) in [5.41, 5.74) is 0.689. The number of aliphatic hydroxyl groups excluding tert-OH is 2. The largest absolute Gasteiger partial charge is 0.507 e. The molecule has 0 fully saturated rings. The third-order valence-corrected chi connectivity index (χ3v) is 12.0. The molecule has 15 heteroatoms. The molecule has 5 rings (SSSR count). The number of allylic oxidation sites excluding steroid dienone is 2. The van der Waals surface area contributed by atoms with Crippen molar-refractivity contribution in [1.29, 1.82) is 0 Å². The number of carbonyl (C=O) groups is 4. The first kappa shape index (κ1) is 44.7. The lowest BCUT2D eigenvalue weighted by Gasteiger charge is -2.38. The van der Waals surface area contributed by atoms with Gasteiger partial charge in [-0.25, -0.2) is 4.79 Å². The van der Waals surface area contributed by atoms with Gasteiger partial charge in [0.25, 0.3) is 11.7 Å². The number of hydrogen-bond acceptors (Lipinski definition) is 13. The van der Waals surface area contributed by atoms with Crippen LogP contribution in [0.4, 0.5) is 5.69 Å². The minimum atomic E-state index is -2.02. The number of ketones is 1.